The normalized spacial score (nSPS) is 17.2. The summed E-state index contributed by atoms with van der Waals surface area (Å²) in [5.74, 6) is 0.0238. The number of amides is 1. The zero-order valence-corrected chi connectivity index (χ0v) is 20.2. The first-order valence-electron chi connectivity index (χ1n) is 11.1. The Morgan fingerprint density at radius 1 is 1.03 bits per heavy atom. The predicted octanol–water partition coefficient (Wildman–Crippen LogP) is 3.87. The summed E-state index contributed by atoms with van der Waals surface area (Å²) < 4.78 is 21.5. The van der Waals surface area contributed by atoms with Crippen LogP contribution < -0.4 is 14.2 Å². The van der Waals surface area contributed by atoms with Crippen LogP contribution in [0.1, 0.15) is 36.1 Å². The molecule has 0 aromatic heterocycles. The van der Waals surface area contributed by atoms with Crippen molar-refractivity contribution in [1.29, 1.82) is 0 Å². The third-order valence-electron chi connectivity index (χ3n) is 5.78. The van der Waals surface area contributed by atoms with Crippen LogP contribution in [0.15, 0.2) is 42.0 Å². The number of carbonyl (C=O) groups is 2. The van der Waals surface area contributed by atoms with Gasteiger partial charge >= 0.3 is 0 Å². The number of ketones is 1. The monoisotopic (exact) mass is 469 g/mol. The largest absolute Gasteiger partial charge is 0.507 e. The Balaban J connectivity index is 2.18. The molecule has 1 fully saturated rings. The summed E-state index contributed by atoms with van der Waals surface area (Å²) in [7, 11) is 4.66. The molecule has 34 heavy (non-hydrogen) atoms. The maximum Gasteiger partial charge on any atom is 0.295 e. The molecule has 1 amide bonds. The zero-order valence-electron chi connectivity index (χ0n) is 20.2. The van der Waals surface area contributed by atoms with Gasteiger partial charge in [0.15, 0.2) is 11.5 Å². The highest BCUT2D eigenvalue weighted by Gasteiger charge is 2.46. The van der Waals surface area contributed by atoms with E-state index < -0.39 is 17.7 Å². The number of likely N-dealkylation sites (tertiary alicyclic amines) is 1. The Morgan fingerprint density at radius 2 is 1.79 bits per heavy atom. The summed E-state index contributed by atoms with van der Waals surface area (Å²) in [5.41, 5.74) is 1.83. The lowest BCUT2D eigenvalue weighted by atomic mass is 9.93. The van der Waals surface area contributed by atoms with E-state index in [1.54, 1.807) is 57.5 Å². The highest BCUT2D eigenvalue weighted by atomic mass is 16.5. The van der Waals surface area contributed by atoms with Crippen LogP contribution in [0.5, 0.6) is 17.2 Å². The molecule has 0 saturated carbocycles. The van der Waals surface area contributed by atoms with Crippen molar-refractivity contribution in [2.24, 2.45) is 0 Å². The number of rotatable bonds is 10. The highest BCUT2D eigenvalue weighted by Crippen LogP contribution is 2.42. The number of ether oxygens (including phenoxy) is 4. The van der Waals surface area contributed by atoms with Gasteiger partial charge in [0.25, 0.3) is 11.7 Å². The van der Waals surface area contributed by atoms with E-state index in [1.165, 1.54) is 12.0 Å². The summed E-state index contributed by atoms with van der Waals surface area (Å²) in [6.45, 7) is 4.86. The molecular weight excluding hydrogens is 438 g/mol. The van der Waals surface area contributed by atoms with Crippen molar-refractivity contribution in [3.63, 3.8) is 0 Å². The van der Waals surface area contributed by atoms with Crippen molar-refractivity contribution >= 4 is 17.4 Å². The first kappa shape index (κ1) is 25.1. The Bertz CT molecular complexity index is 1090. The van der Waals surface area contributed by atoms with E-state index in [0.29, 0.717) is 53.6 Å². The second-order valence-corrected chi connectivity index (χ2v) is 7.86. The Morgan fingerprint density at radius 3 is 2.41 bits per heavy atom. The molecule has 2 aromatic rings. The average Bonchev–Trinajstić information content (AvgIpc) is 3.09. The quantitative estimate of drug-likeness (QED) is 0.244. The number of nitrogens with zero attached hydrogens (tertiary/aromatic N) is 1. The maximum atomic E-state index is 13.2. The molecule has 2 aromatic carbocycles. The molecule has 182 valence electrons. The van der Waals surface area contributed by atoms with Gasteiger partial charge in [0.1, 0.15) is 11.5 Å². The van der Waals surface area contributed by atoms with E-state index in [-0.39, 0.29) is 17.9 Å². The minimum Gasteiger partial charge on any atom is -0.507 e. The fraction of sp³-hybridized carbons (Fsp3) is 0.385. The molecule has 0 radical (unpaired) electrons. The minimum absolute atomic E-state index is 0.0295. The first-order valence-corrected chi connectivity index (χ1v) is 11.1. The molecule has 8 nitrogen and oxygen atoms in total. The van der Waals surface area contributed by atoms with Crippen molar-refractivity contribution in [2.75, 3.05) is 41.1 Å². The molecule has 0 unspecified atom stereocenters. The van der Waals surface area contributed by atoms with Gasteiger partial charge in [-0.2, -0.15) is 0 Å². The van der Waals surface area contributed by atoms with Gasteiger partial charge in [-0.3, -0.25) is 9.59 Å². The lowest BCUT2D eigenvalue weighted by Crippen LogP contribution is -2.31. The molecule has 1 aliphatic heterocycles. The third kappa shape index (κ3) is 4.87. The fourth-order valence-electron chi connectivity index (χ4n) is 4.14. The second kappa shape index (κ2) is 11.1. The van der Waals surface area contributed by atoms with Crippen molar-refractivity contribution in [3.8, 4) is 17.2 Å². The topological polar surface area (TPSA) is 94.5 Å². The van der Waals surface area contributed by atoms with Crippen LogP contribution in [0.25, 0.3) is 5.76 Å². The average molecular weight is 470 g/mol. The third-order valence-corrected chi connectivity index (χ3v) is 5.78. The lowest BCUT2D eigenvalue weighted by Gasteiger charge is -2.26. The summed E-state index contributed by atoms with van der Waals surface area (Å²) in [4.78, 5) is 27.7. The van der Waals surface area contributed by atoms with Gasteiger partial charge in [-0.1, -0.05) is 6.07 Å². The van der Waals surface area contributed by atoms with E-state index in [2.05, 4.69) is 0 Å². The van der Waals surface area contributed by atoms with Gasteiger partial charge in [-0.15, -0.1) is 0 Å². The molecule has 1 aliphatic rings. The smallest absolute Gasteiger partial charge is 0.295 e. The minimum atomic E-state index is -0.789. The predicted molar refractivity (Wildman–Crippen MR) is 127 cm³/mol. The number of methoxy groups -OCH3 is 3. The van der Waals surface area contributed by atoms with Gasteiger partial charge in [0.05, 0.1) is 32.4 Å². The van der Waals surface area contributed by atoms with Crippen molar-refractivity contribution in [2.45, 2.75) is 26.3 Å². The van der Waals surface area contributed by atoms with Crippen molar-refractivity contribution in [3.05, 3.63) is 58.7 Å². The number of aliphatic hydroxyl groups is 1. The fourth-order valence-corrected chi connectivity index (χ4v) is 4.14. The summed E-state index contributed by atoms with van der Waals surface area (Å²) >= 11 is 0. The summed E-state index contributed by atoms with van der Waals surface area (Å²) in [6, 6.07) is 9.61. The first-order chi connectivity index (χ1) is 16.4. The van der Waals surface area contributed by atoms with E-state index in [1.807, 2.05) is 6.92 Å². The molecule has 0 aliphatic carbocycles. The molecule has 1 heterocycles. The molecule has 0 spiro atoms. The summed E-state index contributed by atoms with van der Waals surface area (Å²) in [6.07, 6.45) is 0.537. The van der Waals surface area contributed by atoms with E-state index in [0.717, 1.165) is 0 Å². The van der Waals surface area contributed by atoms with Gasteiger partial charge in [-0.05, 0) is 61.7 Å². The van der Waals surface area contributed by atoms with Crippen LogP contribution >= 0.6 is 0 Å². The molecule has 1 N–H and O–H groups in total. The van der Waals surface area contributed by atoms with E-state index in [9.17, 15) is 14.7 Å². The molecule has 1 atom stereocenters. The molecular formula is C26H31NO7. The summed E-state index contributed by atoms with van der Waals surface area (Å²) in [5, 5.41) is 11.3. The van der Waals surface area contributed by atoms with Crippen LogP contribution in [0.3, 0.4) is 0 Å². The van der Waals surface area contributed by atoms with E-state index in [4.69, 9.17) is 18.9 Å². The van der Waals surface area contributed by atoms with Crippen molar-refractivity contribution in [1.82, 2.24) is 4.90 Å². The number of carbonyl (C=O) groups excluding carboxylic acids is 2. The van der Waals surface area contributed by atoms with Gasteiger partial charge in [0, 0.05) is 25.8 Å². The van der Waals surface area contributed by atoms with Gasteiger partial charge in [-0.25, -0.2) is 0 Å². The Kier molecular flexibility index (Phi) is 8.17. The number of benzene rings is 2. The van der Waals surface area contributed by atoms with Crippen LogP contribution in [0.4, 0.5) is 0 Å². The maximum absolute atomic E-state index is 13.2. The van der Waals surface area contributed by atoms with Gasteiger partial charge < -0.3 is 29.0 Å². The highest BCUT2D eigenvalue weighted by molar-refractivity contribution is 6.46. The number of hydrogen-bond acceptors (Lipinski definition) is 7. The van der Waals surface area contributed by atoms with E-state index >= 15 is 0 Å². The van der Waals surface area contributed by atoms with Crippen LogP contribution in [0, 0.1) is 6.92 Å². The number of hydrogen-bond donors (Lipinski definition) is 1. The Labute approximate surface area is 199 Å². The van der Waals surface area contributed by atoms with Crippen LogP contribution in [0.2, 0.25) is 0 Å². The molecule has 8 heteroatoms. The zero-order chi connectivity index (χ0) is 24.8. The standard InChI is InChI=1S/C26H31NO7/c1-6-34-20-11-8-17(15-21(20)33-5)23-22(25(29)26(30)27(23)12-7-13-31-3)24(28)19-10-9-18(32-4)14-16(19)2/h8-11,14-15,23,28H,6-7,12-13H2,1-5H3/t23-/m0/s1. The SMILES string of the molecule is CCOc1ccc([C@H]2C(=C(O)c3ccc(OC)cc3C)C(=O)C(=O)N2CCCOC)cc1OC. The van der Waals surface area contributed by atoms with Crippen LogP contribution in [-0.4, -0.2) is 62.8 Å². The number of Topliss-reactive ketones (excluding diaryl/α,β-unsaturated/α-hetero) is 1. The molecule has 1 saturated heterocycles. The van der Waals surface area contributed by atoms with Crippen molar-refractivity contribution < 1.29 is 33.6 Å². The molecule has 3 rings (SSSR count). The molecule has 0 bridgehead atoms. The Hall–Kier alpha value is -3.52. The number of aryl methyl sites for hydroxylation is 1. The van der Waals surface area contributed by atoms with Crippen LogP contribution in [-0.2, 0) is 14.3 Å². The number of aliphatic hydroxyl groups excluding tert-OH is 1. The van der Waals surface area contributed by atoms with Gasteiger partial charge in [0.2, 0.25) is 0 Å². The second-order valence-electron chi connectivity index (χ2n) is 7.86. The lowest BCUT2D eigenvalue weighted by molar-refractivity contribution is -0.140.